The standard InChI is InChI=1S/C48H54N2O12P3/c1-51-43-19-7-37(8-20-43)31-57-50(65(61-35-41-15-27-47(55-5)28-16-41)62-36-42-17-29-48(56-6)30-18-42)63(58-32-38-9-21-44(52-2)22-10-38)49-64(59-33-39-11-23-45(53-3)24-12-39)60-34-40-13-25-46(54-4)26-14-40/h7-30H,31-36H2,1-6H3/q+1. The minimum atomic E-state index is -2.14. The zero-order valence-corrected chi connectivity index (χ0v) is 39.9. The minimum absolute atomic E-state index is 0.109. The predicted molar refractivity (Wildman–Crippen MR) is 252 cm³/mol. The molecule has 0 saturated heterocycles. The fourth-order valence-electron chi connectivity index (χ4n) is 5.67. The van der Waals surface area contributed by atoms with Gasteiger partial charge in [0.05, 0.1) is 75.7 Å². The molecule has 6 aromatic carbocycles. The first-order valence-corrected chi connectivity index (χ1v) is 23.8. The van der Waals surface area contributed by atoms with Gasteiger partial charge in [0.1, 0.15) is 45.7 Å². The third-order valence-corrected chi connectivity index (χ3v) is 14.1. The first kappa shape index (κ1) is 49.2. The highest BCUT2D eigenvalue weighted by atomic mass is 31.2. The second kappa shape index (κ2) is 26.7. The monoisotopic (exact) mass is 943 g/mol. The maximum absolute atomic E-state index is 6.81. The normalized spacial score (nSPS) is 11.6. The fraction of sp³-hybridized carbons (Fsp3) is 0.250. The molecule has 0 aliphatic heterocycles. The SMILES string of the molecule is COc1ccc(CON(P(OCc2ccc(OC)cc2)OCc2ccc(OC)cc2)[P+](=NP(OCc2ccc(OC)cc2)OCc2ccc(OC)cc2)OCc2ccc(OC)cc2)cc1. The van der Waals surface area contributed by atoms with E-state index in [9.17, 15) is 0 Å². The van der Waals surface area contributed by atoms with Gasteiger partial charge >= 0.3 is 25.1 Å². The summed E-state index contributed by atoms with van der Waals surface area (Å²) in [5, 5.41) is 0. The van der Waals surface area contributed by atoms with Crippen molar-refractivity contribution >= 4 is 25.1 Å². The van der Waals surface area contributed by atoms with E-state index in [1.54, 1.807) is 47.3 Å². The summed E-state index contributed by atoms with van der Waals surface area (Å²) in [7, 11) is 3.51. The first-order chi connectivity index (χ1) is 31.9. The van der Waals surface area contributed by atoms with Gasteiger partial charge in [-0.3, -0.25) is 0 Å². The van der Waals surface area contributed by atoms with Crippen LogP contribution in [0.4, 0.5) is 0 Å². The molecule has 1 atom stereocenters. The Labute approximate surface area is 384 Å². The van der Waals surface area contributed by atoms with Crippen molar-refractivity contribution < 1.29 is 55.9 Å². The van der Waals surface area contributed by atoms with Crippen molar-refractivity contribution in [3.63, 3.8) is 0 Å². The van der Waals surface area contributed by atoms with Crippen molar-refractivity contribution in [2.45, 2.75) is 39.6 Å². The number of ether oxygens (including phenoxy) is 6. The second-order valence-corrected chi connectivity index (χ2v) is 18.3. The van der Waals surface area contributed by atoms with E-state index in [0.29, 0.717) is 5.75 Å². The lowest BCUT2D eigenvalue weighted by Gasteiger charge is -2.22. The average Bonchev–Trinajstić information content (AvgIpc) is 3.37. The van der Waals surface area contributed by atoms with Crippen LogP contribution in [0.5, 0.6) is 34.5 Å². The van der Waals surface area contributed by atoms with E-state index in [-0.39, 0.29) is 39.6 Å². The molecular weight excluding hydrogens is 889 g/mol. The molecule has 0 radical (unpaired) electrons. The lowest BCUT2D eigenvalue weighted by molar-refractivity contribution is -0.0513. The molecule has 0 aliphatic rings. The third kappa shape index (κ3) is 16.0. The molecule has 17 heteroatoms. The Morgan fingerprint density at radius 2 is 0.615 bits per heavy atom. The predicted octanol–water partition coefficient (Wildman–Crippen LogP) is 12.5. The molecule has 0 heterocycles. The summed E-state index contributed by atoms with van der Waals surface area (Å²) < 4.78 is 72.6. The first-order valence-electron chi connectivity index (χ1n) is 20.4. The molecule has 14 nitrogen and oxygen atoms in total. The van der Waals surface area contributed by atoms with Gasteiger partial charge in [0.15, 0.2) is 0 Å². The maximum atomic E-state index is 6.81. The van der Waals surface area contributed by atoms with Crippen molar-refractivity contribution in [3.05, 3.63) is 179 Å². The number of methoxy groups -OCH3 is 6. The molecule has 0 spiro atoms. The van der Waals surface area contributed by atoms with E-state index in [1.165, 1.54) is 0 Å². The number of benzene rings is 6. The fourth-order valence-corrected chi connectivity index (χ4v) is 10.4. The van der Waals surface area contributed by atoms with Crippen LogP contribution in [-0.2, 0) is 67.1 Å². The molecule has 0 amide bonds. The molecule has 0 aromatic heterocycles. The molecule has 0 bridgehead atoms. The smallest absolute Gasteiger partial charge is 0.497 e. The largest absolute Gasteiger partial charge is 0.521 e. The number of rotatable bonds is 27. The molecule has 0 aliphatic carbocycles. The van der Waals surface area contributed by atoms with Gasteiger partial charge in [0, 0.05) is 4.52 Å². The van der Waals surface area contributed by atoms with Crippen LogP contribution in [0.2, 0.25) is 0 Å². The van der Waals surface area contributed by atoms with Gasteiger partial charge in [0.25, 0.3) is 0 Å². The van der Waals surface area contributed by atoms with Crippen LogP contribution in [0.15, 0.2) is 150 Å². The molecule has 1 unspecified atom stereocenters. The average molecular weight is 944 g/mol. The molecule has 342 valence electrons. The Hall–Kier alpha value is -5.20. The number of hydrogen-bond acceptors (Lipinski definition) is 13. The van der Waals surface area contributed by atoms with Crippen LogP contribution in [0, 0.1) is 0 Å². The number of nitrogens with zero attached hydrogens (tertiary/aromatic N) is 2. The van der Waals surface area contributed by atoms with E-state index < -0.39 is 25.1 Å². The van der Waals surface area contributed by atoms with Crippen molar-refractivity contribution in [1.82, 2.24) is 4.60 Å². The zero-order chi connectivity index (χ0) is 45.6. The summed E-state index contributed by atoms with van der Waals surface area (Å²) >= 11 is 0. The topological polar surface area (TPSA) is 126 Å². The Bertz CT molecular complexity index is 2200. The van der Waals surface area contributed by atoms with E-state index in [0.717, 1.165) is 62.1 Å². The molecule has 6 rings (SSSR count). The van der Waals surface area contributed by atoms with Gasteiger partial charge in [-0.05, 0) is 106 Å². The highest BCUT2D eigenvalue weighted by Gasteiger charge is 2.43. The van der Waals surface area contributed by atoms with E-state index in [2.05, 4.69) is 0 Å². The van der Waals surface area contributed by atoms with Gasteiger partial charge in [-0.2, -0.15) is 0 Å². The summed E-state index contributed by atoms with van der Waals surface area (Å²) in [6.45, 7) is 0.956. The highest BCUT2D eigenvalue weighted by molar-refractivity contribution is 7.62. The summed E-state index contributed by atoms with van der Waals surface area (Å²) in [5.41, 5.74) is 5.28. The Morgan fingerprint density at radius 3 is 0.908 bits per heavy atom. The highest BCUT2D eigenvalue weighted by Crippen LogP contribution is 2.60. The summed E-state index contributed by atoms with van der Waals surface area (Å²) in [4.78, 5) is 6.77. The molecule has 65 heavy (non-hydrogen) atoms. The number of hydrogen-bond donors (Lipinski definition) is 0. The van der Waals surface area contributed by atoms with Gasteiger partial charge in [-0.25, -0.2) is 4.84 Å². The van der Waals surface area contributed by atoms with Crippen molar-refractivity contribution in [1.29, 1.82) is 0 Å². The van der Waals surface area contributed by atoms with Gasteiger partial charge in [-0.1, -0.05) is 72.8 Å². The van der Waals surface area contributed by atoms with Crippen LogP contribution in [-0.4, -0.2) is 47.3 Å². The summed E-state index contributed by atoms with van der Waals surface area (Å²) in [5.74, 6) is 4.34. The lowest BCUT2D eigenvalue weighted by atomic mass is 10.2. The van der Waals surface area contributed by atoms with Crippen LogP contribution in [0.1, 0.15) is 33.4 Å². The Kier molecular flexibility index (Phi) is 20.2. The third-order valence-electron chi connectivity index (χ3n) is 9.45. The second-order valence-electron chi connectivity index (χ2n) is 13.8. The molecule has 0 fully saturated rings. The Morgan fingerprint density at radius 1 is 0.354 bits per heavy atom. The van der Waals surface area contributed by atoms with Crippen LogP contribution in [0.3, 0.4) is 0 Å². The Balaban J connectivity index is 1.41. The quantitative estimate of drug-likeness (QED) is 0.0359. The van der Waals surface area contributed by atoms with Crippen molar-refractivity contribution in [3.8, 4) is 34.5 Å². The molecule has 0 N–H and O–H groups in total. The van der Waals surface area contributed by atoms with Crippen LogP contribution >= 0.6 is 25.1 Å². The zero-order valence-electron chi connectivity index (χ0n) is 37.2. The molecular formula is C48H54N2O12P3+. The van der Waals surface area contributed by atoms with E-state index >= 15 is 0 Å². The molecule has 6 aromatic rings. The molecule has 0 saturated carbocycles. The van der Waals surface area contributed by atoms with E-state index in [1.807, 2.05) is 146 Å². The van der Waals surface area contributed by atoms with Crippen molar-refractivity contribution in [2.24, 2.45) is 4.52 Å². The lowest BCUT2D eigenvalue weighted by Crippen LogP contribution is -2.15. The van der Waals surface area contributed by atoms with E-state index in [4.69, 9.17) is 60.4 Å². The maximum Gasteiger partial charge on any atom is 0.521 e. The summed E-state index contributed by atoms with van der Waals surface area (Å²) in [6, 6.07) is 45.7. The van der Waals surface area contributed by atoms with Gasteiger partial charge < -0.3 is 46.5 Å². The summed E-state index contributed by atoms with van der Waals surface area (Å²) in [6.07, 6.45) is 0. The van der Waals surface area contributed by atoms with Gasteiger partial charge in [0.2, 0.25) is 0 Å². The van der Waals surface area contributed by atoms with Crippen LogP contribution in [0.25, 0.3) is 0 Å². The minimum Gasteiger partial charge on any atom is -0.497 e. The van der Waals surface area contributed by atoms with Gasteiger partial charge in [-0.15, -0.1) is 4.52 Å². The van der Waals surface area contributed by atoms with Crippen LogP contribution < -0.4 is 28.4 Å². The van der Waals surface area contributed by atoms with Crippen molar-refractivity contribution in [2.75, 3.05) is 42.7 Å².